The summed E-state index contributed by atoms with van der Waals surface area (Å²) < 4.78 is 44.6. The first-order valence-corrected chi connectivity index (χ1v) is 13.5. The Labute approximate surface area is 233 Å². The average molecular weight is 540 g/mol. The Bertz CT molecular complexity index is 1590. The fraction of sp³-hybridized carbons (Fsp3) is 0.226. The van der Waals surface area contributed by atoms with Crippen LogP contribution in [0.25, 0.3) is 5.57 Å². The number of halogens is 2. The molecule has 5 heterocycles. The van der Waals surface area contributed by atoms with Crippen LogP contribution >= 0.6 is 0 Å². The third kappa shape index (κ3) is 4.40. The molecule has 0 spiro atoms. The minimum atomic E-state index is -3.93. The van der Waals surface area contributed by atoms with Crippen LogP contribution in [-0.4, -0.2) is 27.8 Å². The van der Waals surface area contributed by atoms with Crippen LogP contribution in [0.3, 0.4) is 0 Å². The topological polar surface area (TPSA) is 51.9 Å². The maximum atomic E-state index is 16.1. The lowest BCUT2D eigenvalue weighted by atomic mass is 9.79. The van der Waals surface area contributed by atoms with Crippen LogP contribution in [0.1, 0.15) is 44.6 Å². The molecule has 0 saturated heterocycles. The Kier molecular flexibility index (Phi) is 6.54. The predicted molar refractivity (Wildman–Crippen MR) is 151 cm³/mol. The summed E-state index contributed by atoms with van der Waals surface area (Å²) in [7, 11) is 0. The van der Waals surface area contributed by atoms with Crippen molar-refractivity contribution in [2.45, 2.75) is 47.0 Å². The molecule has 0 bridgehead atoms. The van der Waals surface area contributed by atoms with Gasteiger partial charge in [-0.15, -0.1) is 0 Å². The third-order valence-corrected chi connectivity index (χ3v) is 7.70. The van der Waals surface area contributed by atoms with E-state index >= 15 is 8.63 Å². The van der Waals surface area contributed by atoms with Crippen molar-refractivity contribution in [3.63, 3.8) is 0 Å². The fourth-order valence-electron chi connectivity index (χ4n) is 6.08. The molecule has 6 rings (SSSR count). The van der Waals surface area contributed by atoms with E-state index in [0.29, 0.717) is 28.6 Å². The Morgan fingerprint density at radius 1 is 0.900 bits per heavy atom. The number of pyridine rings is 2. The molecule has 3 aromatic rings. The first-order chi connectivity index (χ1) is 19.3. The van der Waals surface area contributed by atoms with Crippen LogP contribution in [0.2, 0.25) is 0 Å². The number of ether oxygens (including phenoxy) is 2. The van der Waals surface area contributed by atoms with Crippen molar-refractivity contribution < 1.29 is 22.9 Å². The summed E-state index contributed by atoms with van der Waals surface area (Å²) >= 11 is 0. The molecule has 2 unspecified atom stereocenters. The number of quaternary nitrogens is 1. The first-order valence-electron chi connectivity index (χ1n) is 13.5. The second-order valence-corrected chi connectivity index (χ2v) is 10.5. The number of hydrogen-bond acceptors (Lipinski definition) is 5. The summed E-state index contributed by atoms with van der Waals surface area (Å²) in [6.07, 6.45) is 7.23. The quantitative estimate of drug-likeness (QED) is 0.404. The monoisotopic (exact) mass is 540 g/mol. The van der Waals surface area contributed by atoms with Crippen molar-refractivity contribution in [3.05, 3.63) is 124 Å². The summed E-state index contributed by atoms with van der Waals surface area (Å²) in [6, 6.07) is 16.6. The van der Waals surface area contributed by atoms with Crippen LogP contribution in [0.15, 0.2) is 107 Å². The van der Waals surface area contributed by atoms with Gasteiger partial charge < -0.3 is 27.7 Å². The summed E-state index contributed by atoms with van der Waals surface area (Å²) in [5.41, 5.74) is 6.65. The summed E-state index contributed by atoms with van der Waals surface area (Å²) in [5.74, 6) is 1.05. The maximum absolute atomic E-state index is 16.1. The van der Waals surface area contributed by atoms with E-state index in [0.717, 1.165) is 33.7 Å². The Morgan fingerprint density at radius 2 is 1.55 bits per heavy atom. The minimum absolute atomic E-state index is 0.137. The summed E-state index contributed by atoms with van der Waals surface area (Å²) in [5, 5.41) is 0. The molecule has 9 heteroatoms. The molecule has 6 nitrogen and oxygen atoms in total. The molecule has 2 atom stereocenters. The van der Waals surface area contributed by atoms with Crippen LogP contribution in [0.4, 0.5) is 8.63 Å². The summed E-state index contributed by atoms with van der Waals surface area (Å²) in [6.45, 7) is 4.00. The minimum Gasteiger partial charge on any atom is -0.483 e. The molecule has 0 amide bonds. The smallest absolute Gasteiger partial charge is 0.483 e. The van der Waals surface area contributed by atoms with Crippen LogP contribution < -0.4 is 14.3 Å². The van der Waals surface area contributed by atoms with Gasteiger partial charge in [0.25, 0.3) is 0 Å². The molecular weight excluding hydrogens is 509 g/mol. The van der Waals surface area contributed by atoms with Crippen molar-refractivity contribution in [3.8, 4) is 11.5 Å². The lowest BCUT2D eigenvalue weighted by Gasteiger charge is -2.49. The Hall–Kier alpha value is -4.24. The Balaban J connectivity index is 1.45. The number of benzene rings is 1. The lowest BCUT2D eigenvalue weighted by molar-refractivity contribution is -0.722. The van der Waals surface area contributed by atoms with Gasteiger partial charge in [-0.05, 0) is 74.4 Å². The van der Waals surface area contributed by atoms with E-state index in [1.54, 1.807) is 19.3 Å². The molecule has 0 saturated carbocycles. The van der Waals surface area contributed by atoms with E-state index in [1.165, 1.54) is 4.81 Å². The van der Waals surface area contributed by atoms with Gasteiger partial charge in [0.2, 0.25) is 0 Å². The number of rotatable bonds is 7. The van der Waals surface area contributed by atoms with Gasteiger partial charge in [0.1, 0.15) is 18.9 Å². The van der Waals surface area contributed by atoms with Gasteiger partial charge in [-0.25, -0.2) is 0 Å². The molecule has 3 aliphatic heterocycles. The summed E-state index contributed by atoms with van der Waals surface area (Å²) in [4.78, 5) is 10.2. The van der Waals surface area contributed by atoms with Gasteiger partial charge in [0.05, 0.1) is 22.7 Å². The van der Waals surface area contributed by atoms with Gasteiger partial charge in [-0.3, -0.25) is 9.97 Å². The molecule has 40 heavy (non-hydrogen) atoms. The molecule has 0 aliphatic carbocycles. The largest absolute Gasteiger partial charge is 0.664 e. The standard InChI is InChI=1S/C31H31BF2N4O2/c1-20-15-22(3)37-30(20)29(31-21(2)16-23(4)38(31)32(37,33)34)24-11-12-27(39-18-25-9-5-7-13-35-25)28(17-24)40-19-26-10-6-8-14-36-26/h5-17,22,38H,18-19H2,1-4H3. The number of hydrogen-bond donors (Lipinski definition) is 1. The second-order valence-electron chi connectivity index (χ2n) is 10.5. The zero-order chi connectivity index (χ0) is 28.0. The highest BCUT2D eigenvalue weighted by atomic mass is 19.2. The maximum Gasteiger partial charge on any atom is 0.664 e. The van der Waals surface area contributed by atoms with Gasteiger partial charge in [-0.2, -0.15) is 0 Å². The molecule has 0 fully saturated rings. The van der Waals surface area contributed by atoms with Crippen LogP contribution in [-0.2, 0) is 13.2 Å². The third-order valence-electron chi connectivity index (χ3n) is 7.70. The molecule has 204 valence electrons. The normalized spacial score (nSPS) is 21.2. The van der Waals surface area contributed by atoms with Gasteiger partial charge >= 0.3 is 6.97 Å². The van der Waals surface area contributed by atoms with Gasteiger partial charge in [0, 0.05) is 36.6 Å². The van der Waals surface area contributed by atoms with E-state index in [1.807, 2.05) is 87.5 Å². The average Bonchev–Trinajstić information content (AvgIpc) is 3.42. The number of nitrogens with one attached hydrogen (secondary N) is 1. The van der Waals surface area contributed by atoms with E-state index in [-0.39, 0.29) is 18.0 Å². The fourth-order valence-corrected chi connectivity index (χ4v) is 6.08. The van der Waals surface area contributed by atoms with Crippen molar-refractivity contribution in [1.29, 1.82) is 0 Å². The SMILES string of the molecule is CC1=CC(C)N2C1=C(c1ccc(OCc3ccccn3)c(OCc3ccccn3)c1)C1=C(C)C=C(C)[NH+]1[B-]2(F)F. The van der Waals surface area contributed by atoms with Crippen molar-refractivity contribution in [2.75, 3.05) is 0 Å². The van der Waals surface area contributed by atoms with Gasteiger partial charge in [-0.1, -0.05) is 24.3 Å². The molecule has 3 aliphatic rings. The Morgan fingerprint density at radius 3 is 2.17 bits per heavy atom. The highest BCUT2D eigenvalue weighted by Gasteiger charge is 2.59. The zero-order valence-corrected chi connectivity index (χ0v) is 23.0. The molecule has 2 aromatic heterocycles. The van der Waals surface area contributed by atoms with Gasteiger partial charge in [0.15, 0.2) is 11.5 Å². The number of allylic oxidation sites excluding steroid dienone is 5. The van der Waals surface area contributed by atoms with E-state index in [9.17, 15) is 0 Å². The zero-order valence-electron chi connectivity index (χ0n) is 23.0. The second kappa shape index (κ2) is 10.1. The predicted octanol–water partition coefficient (Wildman–Crippen LogP) is 5.46. The van der Waals surface area contributed by atoms with Crippen LogP contribution in [0.5, 0.6) is 11.5 Å². The molecule has 1 aromatic carbocycles. The highest BCUT2D eigenvalue weighted by molar-refractivity contribution is 6.56. The molecule has 0 radical (unpaired) electrons. The van der Waals surface area contributed by atoms with Crippen LogP contribution in [0, 0.1) is 0 Å². The van der Waals surface area contributed by atoms with E-state index < -0.39 is 13.0 Å². The number of nitrogens with zero attached hydrogens (tertiary/aromatic N) is 3. The van der Waals surface area contributed by atoms with Crippen molar-refractivity contribution in [1.82, 2.24) is 14.8 Å². The first kappa shape index (κ1) is 26.0. The van der Waals surface area contributed by atoms with Crippen molar-refractivity contribution >= 4 is 12.5 Å². The number of fused-ring (bicyclic) bond motifs is 2. The van der Waals surface area contributed by atoms with E-state index in [4.69, 9.17) is 9.47 Å². The molecule has 1 N–H and O–H groups in total. The van der Waals surface area contributed by atoms with E-state index in [2.05, 4.69) is 9.97 Å². The molecular formula is C31H31BF2N4O2. The number of aromatic nitrogens is 2. The highest BCUT2D eigenvalue weighted by Crippen LogP contribution is 2.45. The van der Waals surface area contributed by atoms with Crippen molar-refractivity contribution in [2.24, 2.45) is 0 Å². The lowest BCUT2D eigenvalue weighted by Crippen LogP contribution is -3.20.